The fourth-order valence-corrected chi connectivity index (χ4v) is 2.89. The summed E-state index contributed by atoms with van der Waals surface area (Å²) < 4.78 is 40.2. The van der Waals surface area contributed by atoms with Gasteiger partial charge in [0.05, 0.1) is 0 Å². The number of benzene rings is 1. The van der Waals surface area contributed by atoms with Gasteiger partial charge in [-0.15, -0.1) is 13.2 Å². The number of carbonyl (C=O) groups excluding carboxylic acids is 1. The summed E-state index contributed by atoms with van der Waals surface area (Å²) in [5.41, 5.74) is 5.98. The summed E-state index contributed by atoms with van der Waals surface area (Å²) in [6.07, 6.45) is -2.55. The summed E-state index contributed by atoms with van der Waals surface area (Å²) in [5.74, 6) is -0.535. The van der Waals surface area contributed by atoms with Crippen LogP contribution in [0.3, 0.4) is 0 Å². The molecule has 1 fully saturated rings. The van der Waals surface area contributed by atoms with Gasteiger partial charge in [0.1, 0.15) is 5.75 Å². The number of amides is 1. The zero-order valence-electron chi connectivity index (χ0n) is 13.5. The molecule has 5 nitrogen and oxygen atoms in total. The summed E-state index contributed by atoms with van der Waals surface area (Å²) in [6, 6.07) is 6.10. The van der Waals surface area contributed by atoms with Crippen LogP contribution < -0.4 is 15.8 Å². The van der Waals surface area contributed by atoms with Gasteiger partial charge in [0.15, 0.2) is 0 Å². The zero-order chi connectivity index (χ0) is 17.7. The molecule has 24 heavy (non-hydrogen) atoms. The SMILES string of the molecule is C[C@H](CC(N)=O)N1CCC(Nc2ccc(OC(F)(F)F)cc2)CC1. The molecule has 1 amide bonds. The Hall–Kier alpha value is -1.96. The Labute approximate surface area is 138 Å². The van der Waals surface area contributed by atoms with E-state index >= 15 is 0 Å². The van der Waals surface area contributed by atoms with Crippen LogP contribution in [0, 0.1) is 0 Å². The second kappa shape index (κ2) is 7.74. The van der Waals surface area contributed by atoms with Gasteiger partial charge in [-0.2, -0.15) is 0 Å². The molecule has 8 heteroatoms. The monoisotopic (exact) mass is 345 g/mol. The van der Waals surface area contributed by atoms with Crippen molar-refractivity contribution in [2.24, 2.45) is 5.73 Å². The summed E-state index contributed by atoms with van der Waals surface area (Å²) in [5, 5.41) is 3.32. The van der Waals surface area contributed by atoms with Crippen molar-refractivity contribution in [2.45, 2.75) is 44.6 Å². The van der Waals surface area contributed by atoms with Crippen molar-refractivity contribution in [3.63, 3.8) is 0 Å². The van der Waals surface area contributed by atoms with Crippen LogP contribution in [0.4, 0.5) is 18.9 Å². The summed E-state index contributed by atoms with van der Waals surface area (Å²) >= 11 is 0. The number of anilines is 1. The molecule has 1 aromatic carbocycles. The predicted molar refractivity (Wildman–Crippen MR) is 84.6 cm³/mol. The molecule has 1 saturated heterocycles. The lowest BCUT2D eigenvalue weighted by molar-refractivity contribution is -0.274. The molecular weight excluding hydrogens is 323 g/mol. The van der Waals surface area contributed by atoms with Crippen molar-refractivity contribution in [1.29, 1.82) is 0 Å². The van der Waals surface area contributed by atoms with E-state index < -0.39 is 6.36 Å². The third-order valence-corrected chi connectivity index (χ3v) is 4.11. The fraction of sp³-hybridized carbons (Fsp3) is 0.562. The van der Waals surface area contributed by atoms with E-state index in [0.717, 1.165) is 31.6 Å². The quantitative estimate of drug-likeness (QED) is 0.832. The number of nitrogens with two attached hydrogens (primary N) is 1. The van der Waals surface area contributed by atoms with Crippen LogP contribution in [0.25, 0.3) is 0 Å². The van der Waals surface area contributed by atoms with Crippen molar-refractivity contribution in [1.82, 2.24) is 4.90 Å². The number of alkyl halides is 3. The molecule has 0 radical (unpaired) electrons. The minimum atomic E-state index is -4.68. The van der Waals surface area contributed by atoms with Gasteiger partial charge in [0, 0.05) is 37.3 Å². The number of primary amides is 1. The Morgan fingerprint density at radius 2 is 1.92 bits per heavy atom. The summed E-state index contributed by atoms with van der Waals surface area (Å²) in [6.45, 7) is 3.68. The Bertz CT molecular complexity index is 540. The number of carbonyl (C=O) groups is 1. The average molecular weight is 345 g/mol. The molecule has 1 aliphatic rings. The molecule has 0 bridgehead atoms. The number of nitrogens with one attached hydrogen (secondary N) is 1. The Balaban J connectivity index is 1.80. The number of rotatable bonds is 6. The van der Waals surface area contributed by atoms with Gasteiger partial charge in [0.2, 0.25) is 5.91 Å². The molecule has 0 saturated carbocycles. The van der Waals surface area contributed by atoms with E-state index in [1.807, 2.05) is 6.92 Å². The van der Waals surface area contributed by atoms with Gasteiger partial charge >= 0.3 is 6.36 Å². The van der Waals surface area contributed by atoms with Crippen molar-refractivity contribution in [3.05, 3.63) is 24.3 Å². The van der Waals surface area contributed by atoms with Gasteiger partial charge in [0.25, 0.3) is 0 Å². The highest BCUT2D eigenvalue weighted by Crippen LogP contribution is 2.25. The molecule has 1 atom stereocenters. The van der Waals surface area contributed by atoms with Crippen LogP contribution in [0.5, 0.6) is 5.75 Å². The molecule has 3 N–H and O–H groups in total. The standard InChI is InChI=1S/C16H22F3N3O2/c1-11(10-15(20)23)22-8-6-13(7-9-22)21-12-2-4-14(5-3-12)24-16(17,18)19/h2-5,11,13,21H,6-10H2,1H3,(H2,20,23)/t11-/m1/s1. The number of ether oxygens (including phenoxy) is 1. The third-order valence-electron chi connectivity index (χ3n) is 4.11. The van der Waals surface area contributed by atoms with E-state index in [1.165, 1.54) is 12.1 Å². The second-order valence-electron chi connectivity index (χ2n) is 6.05. The van der Waals surface area contributed by atoms with Gasteiger partial charge < -0.3 is 15.8 Å². The minimum Gasteiger partial charge on any atom is -0.406 e. The van der Waals surface area contributed by atoms with Crippen LogP contribution >= 0.6 is 0 Å². The van der Waals surface area contributed by atoms with Crippen molar-refractivity contribution in [2.75, 3.05) is 18.4 Å². The van der Waals surface area contributed by atoms with Crippen molar-refractivity contribution < 1.29 is 22.7 Å². The maximum absolute atomic E-state index is 12.1. The Morgan fingerprint density at radius 1 is 1.33 bits per heavy atom. The fourth-order valence-electron chi connectivity index (χ4n) is 2.89. The van der Waals surface area contributed by atoms with Gasteiger partial charge in [-0.3, -0.25) is 9.69 Å². The van der Waals surface area contributed by atoms with E-state index in [2.05, 4.69) is 15.0 Å². The predicted octanol–water partition coefficient (Wildman–Crippen LogP) is 2.73. The molecular formula is C16H22F3N3O2. The van der Waals surface area contributed by atoms with Gasteiger partial charge in [-0.05, 0) is 44.0 Å². The van der Waals surface area contributed by atoms with Crippen molar-refractivity contribution in [3.8, 4) is 5.75 Å². The van der Waals surface area contributed by atoms with Crippen LogP contribution in [0.1, 0.15) is 26.2 Å². The van der Waals surface area contributed by atoms with Crippen LogP contribution in [-0.2, 0) is 4.79 Å². The number of likely N-dealkylation sites (tertiary alicyclic amines) is 1. The molecule has 134 valence electrons. The molecule has 0 aliphatic carbocycles. The number of halogens is 3. The molecule has 0 aromatic heterocycles. The topological polar surface area (TPSA) is 67.6 Å². The lowest BCUT2D eigenvalue weighted by atomic mass is 10.0. The lowest BCUT2D eigenvalue weighted by Crippen LogP contribution is -2.44. The van der Waals surface area contributed by atoms with E-state index in [1.54, 1.807) is 12.1 Å². The van der Waals surface area contributed by atoms with Gasteiger partial charge in [-0.1, -0.05) is 0 Å². The highest BCUT2D eigenvalue weighted by atomic mass is 19.4. The van der Waals surface area contributed by atoms with E-state index in [-0.39, 0.29) is 23.7 Å². The van der Waals surface area contributed by atoms with Gasteiger partial charge in [-0.25, -0.2) is 0 Å². The minimum absolute atomic E-state index is 0.127. The van der Waals surface area contributed by atoms with E-state index in [0.29, 0.717) is 6.42 Å². The van der Waals surface area contributed by atoms with Crippen LogP contribution in [0.15, 0.2) is 24.3 Å². The zero-order valence-corrected chi connectivity index (χ0v) is 13.5. The third kappa shape index (κ3) is 5.92. The average Bonchev–Trinajstić information content (AvgIpc) is 2.48. The molecule has 2 rings (SSSR count). The smallest absolute Gasteiger partial charge is 0.406 e. The Kier molecular flexibility index (Phi) is 5.93. The summed E-state index contributed by atoms with van der Waals surface area (Å²) in [7, 11) is 0. The number of hydrogen-bond acceptors (Lipinski definition) is 4. The van der Waals surface area contributed by atoms with Crippen molar-refractivity contribution >= 4 is 11.6 Å². The van der Waals surface area contributed by atoms with Crippen LogP contribution in [0.2, 0.25) is 0 Å². The van der Waals surface area contributed by atoms with E-state index in [9.17, 15) is 18.0 Å². The highest BCUT2D eigenvalue weighted by Gasteiger charge is 2.31. The largest absolute Gasteiger partial charge is 0.573 e. The highest BCUT2D eigenvalue weighted by molar-refractivity contribution is 5.74. The van der Waals surface area contributed by atoms with E-state index in [4.69, 9.17) is 5.73 Å². The second-order valence-corrected chi connectivity index (χ2v) is 6.05. The molecule has 1 aliphatic heterocycles. The number of hydrogen-bond donors (Lipinski definition) is 2. The first-order chi connectivity index (χ1) is 11.2. The maximum Gasteiger partial charge on any atom is 0.573 e. The first kappa shape index (κ1) is 18.4. The number of piperidine rings is 1. The molecule has 1 aromatic rings. The Morgan fingerprint density at radius 3 is 2.42 bits per heavy atom. The van der Waals surface area contributed by atoms with Crippen LogP contribution in [-0.4, -0.2) is 42.3 Å². The first-order valence-corrected chi connectivity index (χ1v) is 7.87. The summed E-state index contributed by atoms with van der Waals surface area (Å²) in [4.78, 5) is 13.2. The maximum atomic E-state index is 12.1. The molecule has 1 heterocycles. The normalized spacial score (nSPS) is 18.2. The molecule has 0 unspecified atom stereocenters. The first-order valence-electron chi connectivity index (χ1n) is 7.87. The lowest BCUT2D eigenvalue weighted by Gasteiger charge is -2.36. The number of nitrogens with zero attached hydrogens (tertiary/aromatic N) is 1. The molecule has 0 spiro atoms.